The summed E-state index contributed by atoms with van der Waals surface area (Å²) in [6.45, 7) is 2.19. The van der Waals surface area contributed by atoms with Crippen molar-refractivity contribution < 1.29 is 4.79 Å². The Balaban J connectivity index is 0.00000200. The highest BCUT2D eigenvalue weighted by atomic mass is 79.9. The van der Waals surface area contributed by atoms with Crippen molar-refractivity contribution in [2.24, 2.45) is 5.73 Å². The van der Waals surface area contributed by atoms with Gasteiger partial charge in [0, 0.05) is 4.47 Å². The van der Waals surface area contributed by atoms with Crippen molar-refractivity contribution in [2.75, 3.05) is 5.32 Å². The second-order valence-corrected chi connectivity index (χ2v) is 5.09. The molecule has 0 aliphatic heterocycles. The van der Waals surface area contributed by atoms with E-state index in [9.17, 15) is 4.79 Å². The molecule has 0 aliphatic rings. The van der Waals surface area contributed by atoms with E-state index in [4.69, 9.17) is 5.73 Å². The van der Waals surface area contributed by atoms with Gasteiger partial charge >= 0.3 is 0 Å². The molecule has 8 heteroatoms. The number of carbonyl (C=O) groups is 1. The van der Waals surface area contributed by atoms with Gasteiger partial charge in [0.05, 0.1) is 12.6 Å². The largest absolute Gasteiger partial charge is 0.320 e. The number of benzene rings is 1. The molecular formula is C12H15BrClN5O. The van der Waals surface area contributed by atoms with Crippen LogP contribution < -0.4 is 11.1 Å². The van der Waals surface area contributed by atoms with E-state index >= 15 is 0 Å². The maximum Gasteiger partial charge on any atom is 0.248 e. The minimum Gasteiger partial charge on any atom is -0.320 e. The molecule has 20 heavy (non-hydrogen) atoms. The first-order chi connectivity index (χ1) is 9.04. The van der Waals surface area contributed by atoms with Gasteiger partial charge in [-0.3, -0.25) is 10.1 Å². The molecule has 108 valence electrons. The molecule has 0 aliphatic carbocycles. The number of nitrogens with two attached hydrogens (primary N) is 1. The molecule has 1 aromatic carbocycles. The fourth-order valence-electron chi connectivity index (χ4n) is 1.47. The third kappa shape index (κ3) is 4.59. The van der Waals surface area contributed by atoms with E-state index in [1.54, 1.807) is 17.9 Å². The Bertz CT molecular complexity index is 587. The fraction of sp³-hybridized carbons (Fsp3) is 0.250. The summed E-state index contributed by atoms with van der Waals surface area (Å²) >= 11 is 3.41. The number of rotatable bonds is 4. The highest BCUT2D eigenvalue weighted by Gasteiger charge is 2.10. The average molecular weight is 361 g/mol. The summed E-state index contributed by atoms with van der Waals surface area (Å²) in [4.78, 5) is 15.4. The normalized spacial score (nSPS) is 11.6. The molecule has 1 aromatic heterocycles. The minimum absolute atomic E-state index is 0. The zero-order valence-corrected chi connectivity index (χ0v) is 13.2. The van der Waals surface area contributed by atoms with E-state index in [0.29, 0.717) is 6.54 Å². The number of hydrogen-bond donors (Lipinski definition) is 2. The SMILES string of the molecule is C[C@H](N)C(=O)Nc1ncn(Cc2cccc(Br)c2)n1.Cl. The van der Waals surface area contributed by atoms with Crippen molar-refractivity contribution in [3.05, 3.63) is 40.6 Å². The average Bonchev–Trinajstić information content (AvgIpc) is 2.76. The Morgan fingerprint density at radius 3 is 2.95 bits per heavy atom. The number of nitrogens with one attached hydrogen (secondary N) is 1. The molecule has 2 rings (SSSR count). The van der Waals surface area contributed by atoms with Crippen LogP contribution in [0.15, 0.2) is 35.1 Å². The minimum atomic E-state index is -0.586. The van der Waals surface area contributed by atoms with Crippen LogP contribution in [0.1, 0.15) is 12.5 Å². The molecule has 1 heterocycles. The first-order valence-electron chi connectivity index (χ1n) is 5.75. The molecule has 0 spiro atoms. The van der Waals surface area contributed by atoms with Crippen LogP contribution in [0.25, 0.3) is 0 Å². The van der Waals surface area contributed by atoms with Crippen molar-refractivity contribution in [2.45, 2.75) is 19.5 Å². The third-order valence-electron chi connectivity index (χ3n) is 2.42. The Hall–Kier alpha value is -1.44. The first kappa shape index (κ1) is 16.6. The second-order valence-electron chi connectivity index (χ2n) is 4.17. The lowest BCUT2D eigenvalue weighted by molar-refractivity contribution is -0.117. The number of anilines is 1. The monoisotopic (exact) mass is 359 g/mol. The predicted octanol–water partition coefficient (Wildman–Crippen LogP) is 1.80. The number of amides is 1. The summed E-state index contributed by atoms with van der Waals surface area (Å²) in [5, 5.41) is 6.70. The molecule has 0 bridgehead atoms. The zero-order chi connectivity index (χ0) is 13.8. The van der Waals surface area contributed by atoms with Crippen LogP contribution in [0.2, 0.25) is 0 Å². The topological polar surface area (TPSA) is 85.8 Å². The van der Waals surface area contributed by atoms with Crippen LogP contribution in [0.4, 0.5) is 5.95 Å². The van der Waals surface area contributed by atoms with E-state index in [1.807, 2.05) is 24.3 Å². The van der Waals surface area contributed by atoms with Crippen LogP contribution in [0.3, 0.4) is 0 Å². The van der Waals surface area contributed by atoms with Crippen molar-refractivity contribution in [1.29, 1.82) is 0 Å². The Kier molecular flexibility index (Phi) is 6.12. The lowest BCUT2D eigenvalue weighted by Crippen LogP contribution is -2.32. The van der Waals surface area contributed by atoms with E-state index in [0.717, 1.165) is 10.0 Å². The van der Waals surface area contributed by atoms with E-state index in [1.165, 1.54) is 0 Å². The molecule has 1 amide bonds. The van der Waals surface area contributed by atoms with Gasteiger partial charge in [0.25, 0.3) is 0 Å². The third-order valence-corrected chi connectivity index (χ3v) is 2.91. The predicted molar refractivity (Wildman–Crippen MR) is 82.8 cm³/mol. The molecule has 1 atom stereocenters. The van der Waals surface area contributed by atoms with E-state index in [2.05, 4.69) is 31.3 Å². The number of carbonyl (C=O) groups excluding carboxylic acids is 1. The standard InChI is InChI=1S/C12H14BrN5O.ClH/c1-8(14)11(19)16-12-15-7-18(17-12)6-9-3-2-4-10(13)5-9;/h2-5,7-8H,6,14H2,1H3,(H,16,17,19);1H/t8-;/m0./s1. The maximum absolute atomic E-state index is 11.4. The van der Waals surface area contributed by atoms with Gasteiger partial charge in [-0.25, -0.2) is 9.67 Å². The lowest BCUT2D eigenvalue weighted by atomic mass is 10.2. The second kappa shape index (κ2) is 7.37. The summed E-state index contributed by atoms with van der Waals surface area (Å²) < 4.78 is 2.66. The lowest BCUT2D eigenvalue weighted by Gasteiger charge is -2.03. The Morgan fingerprint density at radius 2 is 2.30 bits per heavy atom. The summed E-state index contributed by atoms with van der Waals surface area (Å²) in [5.41, 5.74) is 6.54. The Labute approximate surface area is 131 Å². The van der Waals surface area contributed by atoms with Gasteiger partial charge in [0.15, 0.2) is 0 Å². The summed E-state index contributed by atoms with van der Waals surface area (Å²) in [7, 11) is 0. The summed E-state index contributed by atoms with van der Waals surface area (Å²) in [5.74, 6) is -0.0440. The highest BCUT2D eigenvalue weighted by Crippen LogP contribution is 2.12. The molecule has 0 unspecified atom stereocenters. The molecular weight excluding hydrogens is 346 g/mol. The van der Waals surface area contributed by atoms with Crippen molar-refractivity contribution >= 4 is 40.2 Å². The first-order valence-corrected chi connectivity index (χ1v) is 6.54. The molecule has 3 N–H and O–H groups in total. The maximum atomic E-state index is 11.4. The van der Waals surface area contributed by atoms with Crippen molar-refractivity contribution in [3.8, 4) is 0 Å². The van der Waals surface area contributed by atoms with E-state index in [-0.39, 0.29) is 24.3 Å². The van der Waals surface area contributed by atoms with Gasteiger partial charge in [-0.2, -0.15) is 0 Å². The van der Waals surface area contributed by atoms with Crippen LogP contribution in [-0.4, -0.2) is 26.7 Å². The number of hydrogen-bond acceptors (Lipinski definition) is 4. The smallest absolute Gasteiger partial charge is 0.248 e. The number of aromatic nitrogens is 3. The summed E-state index contributed by atoms with van der Waals surface area (Å²) in [6, 6.07) is 7.32. The van der Waals surface area contributed by atoms with Crippen LogP contribution in [0, 0.1) is 0 Å². The molecule has 0 radical (unpaired) electrons. The van der Waals surface area contributed by atoms with Crippen LogP contribution in [-0.2, 0) is 11.3 Å². The zero-order valence-electron chi connectivity index (χ0n) is 10.8. The van der Waals surface area contributed by atoms with Crippen LogP contribution >= 0.6 is 28.3 Å². The van der Waals surface area contributed by atoms with Crippen LogP contribution in [0.5, 0.6) is 0 Å². The molecule has 0 saturated carbocycles. The molecule has 0 fully saturated rings. The fourth-order valence-corrected chi connectivity index (χ4v) is 1.92. The van der Waals surface area contributed by atoms with Gasteiger partial charge in [-0.05, 0) is 24.6 Å². The number of halogens is 2. The highest BCUT2D eigenvalue weighted by molar-refractivity contribution is 9.10. The van der Waals surface area contributed by atoms with Gasteiger partial charge in [-0.1, -0.05) is 28.1 Å². The quantitative estimate of drug-likeness (QED) is 0.870. The summed E-state index contributed by atoms with van der Waals surface area (Å²) in [6.07, 6.45) is 1.57. The van der Waals surface area contributed by atoms with Gasteiger partial charge in [0.1, 0.15) is 6.33 Å². The van der Waals surface area contributed by atoms with Gasteiger partial charge in [-0.15, -0.1) is 17.5 Å². The van der Waals surface area contributed by atoms with E-state index < -0.39 is 6.04 Å². The molecule has 0 saturated heterocycles. The number of nitrogens with zero attached hydrogens (tertiary/aromatic N) is 3. The molecule has 2 aromatic rings. The van der Waals surface area contributed by atoms with Gasteiger partial charge in [0.2, 0.25) is 11.9 Å². The van der Waals surface area contributed by atoms with Crippen molar-refractivity contribution in [1.82, 2.24) is 14.8 Å². The van der Waals surface area contributed by atoms with Gasteiger partial charge < -0.3 is 5.73 Å². The Morgan fingerprint density at radius 1 is 1.55 bits per heavy atom. The molecule has 6 nitrogen and oxygen atoms in total. The van der Waals surface area contributed by atoms with Crippen molar-refractivity contribution in [3.63, 3.8) is 0 Å².